The largest absolute Gasteiger partial charge is 0.462 e. The molecule has 0 aromatic carbocycles. The molecular weight excluding hydrogens is 398 g/mol. The number of nitrogens with one attached hydrogen (secondary N) is 2. The zero-order valence-electron chi connectivity index (χ0n) is 16.5. The molecule has 0 atom stereocenters. The number of carbonyl (C=O) groups is 4. The van der Waals surface area contributed by atoms with E-state index < -0.39 is 30.4 Å². The molecule has 2 rings (SSSR count). The van der Waals surface area contributed by atoms with Crippen molar-refractivity contribution in [2.24, 2.45) is 0 Å². The molecule has 0 saturated carbocycles. The molecule has 29 heavy (non-hydrogen) atoms. The fourth-order valence-corrected chi connectivity index (χ4v) is 3.50. The number of pyridine rings is 1. The Labute approximate surface area is 171 Å². The number of thiophene rings is 1. The average molecular weight is 419 g/mol. The van der Waals surface area contributed by atoms with E-state index in [9.17, 15) is 19.2 Å². The predicted octanol–water partition coefficient (Wildman–Crippen LogP) is 2.09. The second-order valence-electron chi connectivity index (χ2n) is 5.87. The third-order valence-electron chi connectivity index (χ3n) is 3.79. The molecule has 0 fully saturated rings. The van der Waals surface area contributed by atoms with Gasteiger partial charge in [0.05, 0.1) is 22.6 Å². The van der Waals surface area contributed by atoms with Crippen molar-refractivity contribution >= 4 is 40.1 Å². The van der Waals surface area contributed by atoms with Crippen LogP contribution < -0.4 is 10.6 Å². The van der Waals surface area contributed by atoms with E-state index >= 15 is 0 Å². The minimum absolute atomic E-state index is 0.0952. The maximum atomic E-state index is 12.3. The van der Waals surface area contributed by atoms with Crippen LogP contribution in [0.3, 0.4) is 0 Å². The summed E-state index contributed by atoms with van der Waals surface area (Å²) in [6, 6.07) is 3.19. The van der Waals surface area contributed by atoms with Gasteiger partial charge in [0, 0.05) is 18.9 Å². The van der Waals surface area contributed by atoms with Crippen LogP contribution >= 0.6 is 11.3 Å². The quantitative estimate of drug-likeness (QED) is 0.659. The van der Waals surface area contributed by atoms with E-state index in [0.29, 0.717) is 5.56 Å². The molecule has 154 valence electrons. The molecule has 0 radical (unpaired) electrons. The van der Waals surface area contributed by atoms with Gasteiger partial charge in [-0.05, 0) is 38.5 Å². The fraction of sp³-hybridized carbons (Fsp3) is 0.316. The zero-order valence-corrected chi connectivity index (χ0v) is 17.3. The van der Waals surface area contributed by atoms with Crippen molar-refractivity contribution in [3.05, 3.63) is 45.6 Å². The average Bonchev–Trinajstić information content (AvgIpc) is 3.02. The highest BCUT2D eigenvalue weighted by Crippen LogP contribution is 2.33. The lowest BCUT2D eigenvalue weighted by atomic mass is 10.1. The number of esters is 2. The Morgan fingerprint density at radius 2 is 1.83 bits per heavy atom. The molecule has 0 aliphatic carbocycles. The Hall–Kier alpha value is -3.27. The summed E-state index contributed by atoms with van der Waals surface area (Å²) in [5.74, 6) is -2.41. The highest BCUT2D eigenvalue weighted by atomic mass is 32.1. The van der Waals surface area contributed by atoms with Crippen LogP contribution in [0, 0.1) is 13.8 Å². The summed E-state index contributed by atoms with van der Waals surface area (Å²) in [4.78, 5) is 52.8. The molecule has 2 aromatic heterocycles. The SMILES string of the molecule is CCOC(=O)c1c(NC(=O)COC(=O)c2ccc(C)nc2)sc(C(=O)NC)c1C. The van der Waals surface area contributed by atoms with E-state index in [1.165, 1.54) is 13.2 Å². The van der Waals surface area contributed by atoms with Crippen LogP contribution in [0.4, 0.5) is 5.00 Å². The van der Waals surface area contributed by atoms with E-state index in [1.54, 1.807) is 32.9 Å². The second kappa shape index (κ2) is 9.78. The molecule has 2 aromatic rings. The molecule has 0 aliphatic rings. The molecule has 0 aliphatic heterocycles. The Kier molecular flexibility index (Phi) is 7.43. The van der Waals surface area contributed by atoms with Gasteiger partial charge >= 0.3 is 11.9 Å². The minimum Gasteiger partial charge on any atom is -0.462 e. The van der Waals surface area contributed by atoms with E-state index in [0.717, 1.165) is 17.0 Å². The Morgan fingerprint density at radius 3 is 2.41 bits per heavy atom. The number of amides is 2. The van der Waals surface area contributed by atoms with E-state index in [-0.39, 0.29) is 27.6 Å². The van der Waals surface area contributed by atoms with Crippen LogP contribution in [0.15, 0.2) is 18.3 Å². The first-order valence-corrected chi connectivity index (χ1v) is 9.52. The number of nitrogens with zero attached hydrogens (tertiary/aromatic N) is 1. The van der Waals surface area contributed by atoms with E-state index in [4.69, 9.17) is 9.47 Å². The molecule has 9 nitrogen and oxygen atoms in total. The van der Waals surface area contributed by atoms with Crippen molar-refractivity contribution in [3.8, 4) is 0 Å². The summed E-state index contributed by atoms with van der Waals surface area (Å²) in [5.41, 5.74) is 1.44. The van der Waals surface area contributed by atoms with Crippen LogP contribution in [0.1, 0.15) is 48.6 Å². The van der Waals surface area contributed by atoms with Gasteiger partial charge in [0.2, 0.25) is 0 Å². The van der Waals surface area contributed by atoms with Gasteiger partial charge in [-0.1, -0.05) is 0 Å². The molecular formula is C19H21N3O6S. The summed E-state index contributed by atoms with van der Waals surface area (Å²) < 4.78 is 9.99. The summed E-state index contributed by atoms with van der Waals surface area (Å²) in [5, 5.41) is 5.14. The summed E-state index contributed by atoms with van der Waals surface area (Å²) >= 11 is 0.938. The number of carbonyl (C=O) groups excluding carboxylic acids is 4. The number of aryl methyl sites for hydroxylation is 1. The van der Waals surface area contributed by atoms with Gasteiger partial charge in [0.15, 0.2) is 6.61 Å². The summed E-state index contributed by atoms with van der Waals surface area (Å²) in [7, 11) is 1.46. The Balaban J connectivity index is 2.13. The van der Waals surface area contributed by atoms with E-state index in [2.05, 4.69) is 15.6 Å². The highest BCUT2D eigenvalue weighted by molar-refractivity contribution is 7.18. The van der Waals surface area contributed by atoms with Gasteiger partial charge in [0.25, 0.3) is 11.8 Å². The molecule has 0 saturated heterocycles. The number of rotatable bonds is 7. The smallest absolute Gasteiger partial charge is 0.341 e. The summed E-state index contributed by atoms with van der Waals surface area (Å²) in [6.45, 7) is 4.59. The van der Waals surface area contributed by atoms with Gasteiger partial charge in [-0.2, -0.15) is 0 Å². The Bertz CT molecular complexity index is 936. The molecule has 2 amide bonds. The third-order valence-corrected chi connectivity index (χ3v) is 5.00. The van der Waals surface area contributed by atoms with Gasteiger partial charge in [-0.3, -0.25) is 14.6 Å². The number of hydrogen-bond donors (Lipinski definition) is 2. The molecule has 10 heteroatoms. The highest BCUT2D eigenvalue weighted by Gasteiger charge is 2.26. The van der Waals surface area contributed by atoms with Crippen LogP contribution in [-0.2, 0) is 14.3 Å². The molecule has 2 heterocycles. The minimum atomic E-state index is -0.702. The normalized spacial score (nSPS) is 10.2. The predicted molar refractivity (Wildman–Crippen MR) is 106 cm³/mol. The maximum Gasteiger partial charge on any atom is 0.341 e. The molecule has 0 unspecified atom stereocenters. The lowest BCUT2D eigenvalue weighted by Gasteiger charge is -2.08. The monoisotopic (exact) mass is 419 g/mol. The molecule has 0 spiro atoms. The lowest BCUT2D eigenvalue weighted by Crippen LogP contribution is -2.22. The first kappa shape index (κ1) is 22.0. The second-order valence-corrected chi connectivity index (χ2v) is 6.89. The lowest BCUT2D eigenvalue weighted by molar-refractivity contribution is -0.119. The fourth-order valence-electron chi connectivity index (χ4n) is 2.35. The van der Waals surface area contributed by atoms with Crippen molar-refractivity contribution in [2.75, 3.05) is 25.6 Å². The van der Waals surface area contributed by atoms with E-state index in [1.807, 2.05) is 0 Å². The number of ether oxygens (including phenoxy) is 2. The van der Waals surface area contributed by atoms with Crippen LogP contribution in [-0.4, -0.2) is 49.0 Å². The maximum absolute atomic E-state index is 12.3. The first-order chi connectivity index (χ1) is 13.8. The van der Waals surface area contributed by atoms with Gasteiger partial charge in [-0.25, -0.2) is 9.59 Å². The van der Waals surface area contributed by atoms with Gasteiger partial charge < -0.3 is 20.1 Å². The molecule has 0 bridgehead atoms. The first-order valence-electron chi connectivity index (χ1n) is 8.70. The molecule has 2 N–H and O–H groups in total. The number of aromatic nitrogens is 1. The van der Waals surface area contributed by atoms with Crippen molar-refractivity contribution in [1.82, 2.24) is 10.3 Å². The third kappa shape index (κ3) is 5.38. The standard InChI is InChI=1S/C19H21N3O6S/c1-5-27-19(26)14-11(3)15(16(24)20-4)29-17(14)22-13(23)9-28-18(25)12-7-6-10(2)21-8-12/h6-8H,5,9H2,1-4H3,(H,20,24)(H,22,23). The van der Waals surface area contributed by atoms with Crippen LogP contribution in [0.25, 0.3) is 0 Å². The van der Waals surface area contributed by atoms with Crippen LogP contribution in [0.5, 0.6) is 0 Å². The van der Waals surface area contributed by atoms with Crippen molar-refractivity contribution in [1.29, 1.82) is 0 Å². The van der Waals surface area contributed by atoms with Crippen molar-refractivity contribution in [3.63, 3.8) is 0 Å². The zero-order chi connectivity index (χ0) is 21.6. The summed E-state index contributed by atoms with van der Waals surface area (Å²) in [6.07, 6.45) is 1.35. The number of anilines is 1. The van der Waals surface area contributed by atoms with Crippen LogP contribution in [0.2, 0.25) is 0 Å². The topological polar surface area (TPSA) is 124 Å². The van der Waals surface area contributed by atoms with Crippen molar-refractivity contribution < 1.29 is 28.7 Å². The van der Waals surface area contributed by atoms with Gasteiger partial charge in [0.1, 0.15) is 5.00 Å². The van der Waals surface area contributed by atoms with Gasteiger partial charge in [-0.15, -0.1) is 11.3 Å². The number of hydrogen-bond acceptors (Lipinski definition) is 8. The van der Waals surface area contributed by atoms with Crippen molar-refractivity contribution in [2.45, 2.75) is 20.8 Å². The Morgan fingerprint density at radius 1 is 1.10 bits per heavy atom.